The summed E-state index contributed by atoms with van der Waals surface area (Å²) < 4.78 is 11.0. The summed E-state index contributed by atoms with van der Waals surface area (Å²) in [5, 5.41) is 2.94. The van der Waals surface area contributed by atoms with Crippen LogP contribution in [-0.4, -0.2) is 42.2 Å². The van der Waals surface area contributed by atoms with Crippen LogP contribution in [-0.2, 0) is 6.42 Å². The zero-order valence-electron chi connectivity index (χ0n) is 14.2. The van der Waals surface area contributed by atoms with Crippen LogP contribution in [0.4, 0.5) is 0 Å². The summed E-state index contributed by atoms with van der Waals surface area (Å²) in [6.07, 6.45) is 3.62. The molecule has 1 aromatic heterocycles. The minimum atomic E-state index is -0.110. The van der Waals surface area contributed by atoms with Crippen molar-refractivity contribution < 1.29 is 14.3 Å². The van der Waals surface area contributed by atoms with E-state index < -0.39 is 0 Å². The lowest BCUT2D eigenvalue weighted by molar-refractivity contribution is 0.0953. The third-order valence-corrected chi connectivity index (χ3v) is 5.16. The van der Waals surface area contributed by atoms with Crippen LogP contribution < -0.4 is 14.8 Å². The lowest BCUT2D eigenvalue weighted by atomic mass is 10.1. The van der Waals surface area contributed by atoms with E-state index in [1.54, 1.807) is 25.4 Å². The summed E-state index contributed by atoms with van der Waals surface area (Å²) in [6.45, 7) is 0.572. The van der Waals surface area contributed by atoms with Crippen LogP contribution in [0.2, 0.25) is 0 Å². The van der Waals surface area contributed by atoms with E-state index in [9.17, 15) is 4.79 Å². The molecule has 1 atom stereocenters. The molecule has 1 unspecified atom stereocenters. The second kappa shape index (κ2) is 8.76. The highest BCUT2D eigenvalue weighted by atomic mass is 32.2. The van der Waals surface area contributed by atoms with Gasteiger partial charge in [-0.15, -0.1) is 0 Å². The summed E-state index contributed by atoms with van der Waals surface area (Å²) in [4.78, 5) is 16.5. The Kier molecular flexibility index (Phi) is 6.17. The highest BCUT2D eigenvalue weighted by Gasteiger charge is 2.18. The monoisotopic (exact) mass is 358 g/mol. The van der Waals surface area contributed by atoms with Gasteiger partial charge in [-0.05, 0) is 42.4 Å². The topological polar surface area (TPSA) is 60.5 Å². The molecular weight excluding hydrogens is 336 g/mol. The van der Waals surface area contributed by atoms with Crippen molar-refractivity contribution in [2.75, 3.05) is 25.2 Å². The fourth-order valence-electron chi connectivity index (χ4n) is 2.61. The largest absolute Gasteiger partial charge is 0.497 e. The van der Waals surface area contributed by atoms with Gasteiger partial charge in [-0.1, -0.05) is 12.1 Å². The van der Waals surface area contributed by atoms with E-state index in [2.05, 4.69) is 10.3 Å². The van der Waals surface area contributed by atoms with Gasteiger partial charge in [0.1, 0.15) is 11.9 Å². The number of ether oxygens (including phenoxy) is 2. The Morgan fingerprint density at radius 1 is 1.32 bits per heavy atom. The SMILES string of the molecule is COc1ccc(CCNC(=O)c2ccnc(OC3CCSC3)c2)cc1. The van der Waals surface area contributed by atoms with E-state index in [-0.39, 0.29) is 12.0 Å². The van der Waals surface area contributed by atoms with Crippen molar-refractivity contribution in [3.63, 3.8) is 0 Å². The van der Waals surface area contributed by atoms with Crippen LogP contribution in [0, 0.1) is 0 Å². The molecule has 2 aromatic rings. The number of nitrogens with one attached hydrogen (secondary N) is 1. The van der Waals surface area contributed by atoms with Crippen LogP contribution in [0.25, 0.3) is 0 Å². The van der Waals surface area contributed by atoms with Gasteiger partial charge in [0.15, 0.2) is 0 Å². The zero-order valence-corrected chi connectivity index (χ0v) is 15.1. The van der Waals surface area contributed by atoms with E-state index in [1.807, 2.05) is 36.0 Å². The van der Waals surface area contributed by atoms with Gasteiger partial charge in [0, 0.05) is 30.1 Å². The molecule has 1 aliphatic rings. The molecule has 0 bridgehead atoms. The number of hydrogen-bond donors (Lipinski definition) is 1. The van der Waals surface area contributed by atoms with Gasteiger partial charge in [-0.3, -0.25) is 4.79 Å². The average Bonchev–Trinajstić information content (AvgIpc) is 3.15. The minimum absolute atomic E-state index is 0.110. The van der Waals surface area contributed by atoms with Crippen molar-refractivity contribution >= 4 is 17.7 Å². The number of nitrogens with zero attached hydrogens (tertiary/aromatic N) is 1. The quantitative estimate of drug-likeness (QED) is 0.825. The van der Waals surface area contributed by atoms with Gasteiger partial charge in [0.25, 0.3) is 5.91 Å². The molecule has 0 spiro atoms. The van der Waals surface area contributed by atoms with E-state index >= 15 is 0 Å². The third kappa shape index (κ3) is 5.13. The molecule has 6 heteroatoms. The molecule has 0 saturated carbocycles. The van der Waals surface area contributed by atoms with Gasteiger partial charge < -0.3 is 14.8 Å². The Morgan fingerprint density at radius 3 is 2.88 bits per heavy atom. The molecule has 2 heterocycles. The smallest absolute Gasteiger partial charge is 0.251 e. The van der Waals surface area contributed by atoms with Crippen LogP contribution >= 0.6 is 11.8 Å². The maximum atomic E-state index is 12.3. The first-order valence-electron chi connectivity index (χ1n) is 8.36. The molecule has 132 valence electrons. The second-order valence-electron chi connectivity index (χ2n) is 5.84. The Bertz CT molecular complexity index is 700. The zero-order chi connectivity index (χ0) is 17.5. The van der Waals surface area contributed by atoms with Crippen molar-refractivity contribution in [3.05, 3.63) is 53.7 Å². The summed E-state index contributed by atoms with van der Waals surface area (Å²) in [5.41, 5.74) is 1.73. The molecule has 1 aromatic carbocycles. The number of rotatable bonds is 7. The summed E-state index contributed by atoms with van der Waals surface area (Å²) in [5.74, 6) is 3.35. The fourth-order valence-corrected chi connectivity index (χ4v) is 3.70. The lowest BCUT2D eigenvalue weighted by Crippen LogP contribution is -2.26. The Balaban J connectivity index is 1.50. The number of pyridine rings is 1. The average molecular weight is 358 g/mol. The highest BCUT2D eigenvalue weighted by molar-refractivity contribution is 7.99. The van der Waals surface area contributed by atoms with Crippen LogP contribution in [0.5, 0.6) is 11.6 Å². The van der Waals surface area contributed by atoms with Gasteiger partial charge in [0.2, 0.25) is 5.88 Å². The van der Waals surface area contributed by atoms with Crippen LogP contribution in [0.1, 0.15) is 22.3 Å². The fraction of sp³-hybridized carbons (Fsp3) is 0.368. The number of carbonyl (C=O) groups excluding carboxylic acids is 1. The molecule has 0 radical (unpaired) electrons. The first-order valence-corrected chi connectivity index (χ1v) is 9.51. The standard InChI is InChI=1S/C19H22N2O3S/c1-23-16-4-2-14(3-5-16)6-9-21-19(22)15-7-10-20-18(12-15)24-17-8-11-25-13-17/h2-5,7,10,12,17H,6,8-9,11,13H2,1H3,(H,21,22). The number of thioether (sulfide) groups is 1. The van der Waals surface area contributed by atoms with E-state index in [4.69, 9.17) is 9.47 Å². The number of hydrogen-bond acceptors (Lipinski definition) is 5. The Morgan fingerprint density at radius 2 is 2.16 bits per heavy atom. The first kappa shape index (κ1) is 17.6. The van der Waals surface area contributed by atoms with Crippen LogP contribution in [0.3, 0.4) is 0 Å². The molecule has 0 aliphatic carbocycles. The number of methoxy groups -OCH3 is 1. The van der Waals surface area contributed by atoms with E-state index in [0.717, 1.165) is 35.7 Å². The van der Waals surface area contributed by atoms with Crippen LogP contribution in [0.15, 0.2) is 42.6 Å². The molecule has 5 nitrogen and oxygen atoms in total. The first-order chi connectivity index (χ1) is 12.2. The second-order valence-corrected chi connectivity index (χ2v) is 6.99. The van der Waals surface area contributed by atoms with Gasteiger partial charge in [-0.25, -0.2) is 4.98 Å². The molecule has 1 amide bonds. The summed E-state index contributed by atoms with van der Waals surface area (Å²) in [6, 6.07) is 11.3. The number of carbonyl (C=O) groups is 1. The Labute approximate surface area is 152 Å². The number of amides is 1. The molecular formula is C19H22N2O3S. The Hall–Kier alpha value is -2.21. The van der Waals surface area contributed by atoms with Gasteiger partial charge in [0.05, 0.1) is 7.11 Å². The predicted octanol–water partition coefficient (Wildman–Crippen LogP) is 2.95. The highest BCUT2D eigenvalue weighted by Crippen LogP contribution is 2.22. The number of aromatic nitrogens is 1. The van der Waals surface area contributed by atoms with Crippen molar-refractivity contribution in [1.82, 2.24) is 10.3 Å². The minimum Gasteiger partial charge on any atom is -0.497 e. The van der Waals surface area contributed by atoms with Crippen molar-refractivity contribution in [2.45, 2.75) is 18.9 Å². The molecule has 3 rings (SSSR count). The normalized spacial score (nSPS) is 16.4. The molecule has 1 saturated heterocycles. The molecule has 1 N–H and O–H groups in total. The van der Waals surface area contributed by atoms with E-state index in [1.165, 1.54) is 0 Å². The van der Waals surface area contributed by atoms with Gasteiger partial charge >= 0.3 is 0 Å². The lowest BCUT2D eigenvalue weighted by Gasteiger charge is -2.12. The third-order valence-electron chi connectivity index (χ3n) is 4.03. The molecule has 25 heavy (non-hydrogen) atoms. The van der Waals surface area contributed by atoms with E-state index in [0.29, 0.717) is 18.0 Å². The summed E-state index contributed by atoms with van der Waals surface area (Å²) >= 11 is 1.88. The van der Waals surface area contributed by atoms with Crippen molar-refractivity contribution in [2.24, 2.45) is 0 Å². The van der Waals surface area contributed by atoms with Crippen molar-refractivity contribution in [3.8, 4) is 11.6 Å². The van der Waals surface area contributed by atoms with Gasteiger partial charge in [-0.2, -0.15) is 11.8 Å². The molecule has 1 fully saturated rings. The molecule has 1 aliphatic heterocycles. The van der Waals surface area contributed by atoms with Crippen molar-refractivity contribution in [1.29, 1.82) is 0 Å². The number of benzene rings is 1. The maximum absolute atomic E-state index is 12.3. The maximum Gasteiger partial charge on any atom is 0.251 e. The summed E-state index contributed by atoms with van der Waals surface area (Å²) in [7, 11) is 1.65. The predicted molar refractivity (Wildman–Crippen MR) is 99.6 cm³/mol.